The molecule has 1 aliphatic rings. The number of nitrogens with zero attached hydrogens (tertiary/aromatic N) is 4. The van der Waals surface area contributed by atoms with Gasteiger partial charge >= 0.3 is 13.4 Å². The summed E-state index contributed by atoms with van der Waals surface area (Å²) in [4.78, 5) is 62.8. The van der Waals surface area contributed by atoms with Crippen LogP contribution in [0.25, 0.3) is 10.4 Å². The highest BCUT2D eigenvalue weighted by atomic mass is 32.5. The molecule has 0 aromatic carbocycles. The van der Waals surface area contributed by atoms with E-state index in [0.717, 1.165) is 4.57 Å². The van der Waals surface area contributed by atoms with Crippen molar-refractivity contribution in [2.45, 2.75) is 31.7 Å². The molecule has 0 radical (unpaired) electrons. The third kappa shape index (κ3) is 7.38. The molecular weight excluding hydrogens is 521 g/mol. The predicted molar refractivity (Wildman–Crippen MR) is 98.9 cm³/mol. The van der Waals surface area contributed by atoms with Gasteiger partial charge in [-0.25, -0.2) is 18.9 Å². The summed E-state index contributed by atoms with van der Waals surface area (Å²) in [6.07, 6.45) is -1.12. The van der Waals surface area contributed by atoms with Gasteiger partial charge in [0.2, 0.25) is 0 Å². The first-order chi connectivity index (χ1) is 14.7. The van der Waals surface area contributed by atoms with Gasteiger partial charge < -0.3 is 23.9 Å². The quantitative estimate of drug-likeness (QED) is 0.0905. The molecule has 180 valence electrons. The number of hydrogen-bond acceptors (Lipinski definition) is 14. The third-order valence-corrected chi connectivity index (χ3v) is 8.79. The Kier molecular flexibility index (Phi) is 8.72. The highest BCUT2D eigenvalue weighted by Gasteiger charge is 2.37. The fourth-order valence-electron chi connectivity index (χ4n) is 2.51. The lowest BCUT2D eigenvalue weighted by Gasteiger charge is -2.35. The second-order valence-corrected chi connectivity index (χ2v) is 12.1. The Morgan fingerprint density at radius 3 is 2.69 bits per heavy atom. The molecule has 1 saturated heterocycles. The van der Waals surface area contributed by atoms with Gasteiger partial charge in [-0.3, -0.25) is 23.2 Å². The zero-order valence-electron chi connectivity index (χ0n) is 15.8. The normalized spacial score (nSPS) is 26.5. The average Bonchev–Trinajstić information content (AvgIpc) is 3.04. The molecule has 0 spiro atoms. The molecule has 1 aromatic heterocycles. The van der Waals surface area contributed by atoms with Crippen molar-refractivity contribution < 1.29 is 52.2 Å². The van der Waals surface area contributed by atoms with Crippen LogP contribution in [0.3, 0.4) is 0 Å². The Morgan fingerprint density at radius 2 is 2.09 bits per heavy atom. The molecule has 3 unspecified atom stereocenters. The zero-order valence-corrected chi connectivity index (χ0v) is 19.3. The van der Waals surface area contributed by atoms with Crippen LogP contribution < -0.4 is 31.2 Å². The molecule has 6 atom stereocenters. The molecule has 0 amide bonds. The summed E-state index contributed by atoms with van der Waals surface area (Å²) in [5, 5.41) is 11.3. The fourth-order valence-corrected chi connectivity index (χ4v) is 6.60. The van der Waals surface area contributed by atoms with Crippen molar-refractivity contribution in [2.24, 2.45) is 5.11 Å². The first kappa shape index (κ1) is 27.0. The van der Waals surface area contributed by atoms with E-state index in [1.807, 2.05) is 0 Å². The molecule has 0 aliphatic carbocycles. The summed E-state index contributed by atoms with van der Waals surface area (Å²) < 4.78 is 41.2. The van der Waals surface area contributed by atoms with Crippen LogP contribution in [0.4, 0.5) is 0 Å². The molecule has 1 fully saturated rings. The highest BCUT2D eigenvalue weighted by molar-refractivity contribution is 8.07. The molecule has 2 heterocycles. The van der Waals surface area contributed by atoms with Gasteiger partial charge in [0.1, 0.15) is 12.9 Å². The van der Waals surface area contributed by atoms with Crippen LogP contribution in [0.15, 0.2) is 20.9 Å². The Balaban J connectivity index is 2.13. The van der Waals surface area contributed by atoms with E-state index in [4.69, 9.17) is 20.0 Å². The largest absolute Gasteiger partial charge is 0.779 e. The molecule has 32 heavy (non-hydrogen) atoms. The minimum atomic E-state index is -5.83. The van der Waals surface area contributed by atoms with E-state index in [2.05, 4.69) is 35.4 Å². The highest BCUT2D eigenvalue weighted by Crippen LogP contribution is 2.60. The number of rotatable bonds is 10. The molecule has 1 aliphatic heterocycles. The second-order valence-electron chi connectivity index (χ2n) is 6.12. The standard InChI is InChI=1S/C10H17N6O12P3S/c1-5-3-16(10(18)12-9(5)17)8-2-6(13-14-11)7(26-8)4-25-31(24,32)28-30(22,23)27-29(20,21)15-19/h3,6-8,19H,2,4H2,1H3,(H,22,23)(H,24,32)(H,12,17,18)(H2,15,20,21)/p-2/t6-,7+,8+,31?/m0/s1. The van der Waals surface area contributed by atoms with Crippen molar-refractivity contribution in [2.75, 3.05) is 6.61 Å². The Hall–Kier alpha value is -1.26. The Morgan fingerprint density at radius 1 is 1.44 bits per heavy atom. The van der Waals surface area contributed by atoms with E-state index < -0.39 is 63.8 Å². The molecule has 22 heteroatoms. The topological polar surface area (TPSA) is 281 Å². The molecular formula is C10H15N6O12P3S-2. The van der Waals surface area contributed by atoms with Crippen molar-refractivity contribution in [3.05, 3.63) is 43.0 Å². The van der Waals surface area contributed by atoms with Crippen molar-refractivity contribution in [1.29, 1.82) is 0 Å². The van der Waals surface area contributed by atoms with E-state index in [9.17, 15) is 33.4 Å². The van der Waals surface area contributed by atoms with E-state index in [0.29, 0.717) is 0 Å². The maximum atomic E-state index is 12.1. The monoisotopic (exact) mass is 536 g/mol. The first-order valence-electron chi connectivity index (χ1n) is 8.19. The number of phosphoric acid groups is 1. The van der Waals surface area contributed by atoms with Crippen LogP contribution in [0.5, 0.6) is 0 Å². The van der Waals surface area contributed by atoms with Crippen LogP contribution in [-0.2, 0) is 38.8 Å². The van der Waals surface area contributed by atoms with Gasteiger partial charge in [0.25, 0.3) is 13.4 Å². The Labute approximate surface area is 182 Å². The number of aromatic amines is 1. The lowest BCUT2D eigenvalue weighted by atomic mass is 10.1. The summed E-state index contributed by atoms with van der Waals surface area (Å²) in [6, 6.07) is -1.000. The number of nitrogens with one attached hydrogen (secondary N) is 1. The van der Waals surface area contributed by atoms with Gasteiger partial charge in [0.05, 0.1) is 18.8 Å². The molecule has 4 N–H and O–H groups in total. The maximum absolute atomic E-state index is 12.1. The minimum absolute atomic E-state index is 0.0824. The van der Waals surface area contributed by atoms with Gasteiger partial charge in [0, 0.05) is 23.1 Å². The van der Waals surface area contributed by atoms with Gasteiger partial charge in [-0.05, 0) is 12.5 Å². The zero-order chi connectivity index (χ0) is 24.3. The van der Waals surface area contributed by atoms with Gasteiger partial charge in [0.15, 0.2) is 0 Å². The summed E-state index contributed by atoms with van der Waals surface area (Å²) in [5.74, 6) is 0. The number of hydrogen-bond donors (Lipinski definition) is 3. The molecule has 1 aromatic rings. The lowest BCUT2D eigenvalue weighted by Crippen LogP contribution is -2.77. The first-order valence-corrected chi connectivity index (χ1v) is 13.8. The van der Waals surface area contributed by atoms with Crippen molar-refractivity contribution >= 4 is 34.1 Å². The number of azide groups is 1. The summed E-state index contributed by atoms with van der Waals surface area (Å²) in [5.41, 5.74) is 7.46. The van der Waals surface area contributed by atoms with Gasteiger partial charge in [-0.15, -0.1) is 0 Å². The van der Waals surface area contributed by atoms with Crippen LogP contribution >= 0.6 is 22.3 Å². The molecule has 2 rings (SSSR count). The van der Waals surface area contributed by atoms with E-state index >= 15 is 0 Å². The second kappa shape index (κ2) is 10.3. The maximum Gasteiger partial charge on any atom is 0.363 e. The predicted octanol–water partition coefficient (Wildman–Crippen LogP) is -2.66. The van der Waals surface area contributed by atoms with Crippen molar-refractivity contribution in [3.8, 4) is 0 Å². The summed E-state index contributed by atoms with van der Waals surface area (Å²) >= 11 is 4.37. The smallest absolute Gasteiger partial charge is 0.363 e. The van der Waals surface area contributed by atoms with Crippen molar-refractivity contribution in [1.82, 2.24) is 9.55 Å². The van der Waals surface area contributed by atoms with Crippen LogP contribution in [0.1, 0.15) is 18.2 Å². The fraction of sp³-hybridized carbons (Fsp3) is 0.600. The number of quaternary nitrogens is 1. The SMILES string of the molecule is Cc1cn([C@H]2C[C@H](N=[N+]=[N-])[C@@H](COP([O-])(=S)OP(=O)([O-])OP(=O)([O-])[NH2+]O)O2)c(=O)[nH]c1=O. The van der Waals surface area contributed by atoms with Gasteiger partial charge in [-0.1, -0.05) is 16.9 Å². The van der Waals surface area contributed by atoms with E-state index in [1.54, 1.807) is 0 Å². The summed E-state index contributed by atoms with van der Waals surface area (Å²) in [6.45, 7) is -4.26. The van der Waals surface area contributed by atoms with E-state index in [-0.39, 0.29) is 12.0 Å². The average molecular weight is 536 g/mol. The minimum Gasteiger partial charge on any atom is -0.779 e. The molecule has 18 nitrogen and oxygen atoms in total. The van der Waals surface area contributed by atoms with Gasteiger partial charge in [-0.2, -0.15) is 5.25 Å². The van der Waals surface area contributed by atoms with Crippen LogP contribution in [-0.4, -0.2) is 33.5 Å². The number of H-pyrrole nitrogens is 1. The van der Waals surface area contributed by atoms with Crippen LogP contribution in [0.2, 0.25) is 0 Å². The van der Waals surface area contributed by atoms with E-state index in [1.165, 1.54) is 13.1 Å². The van der Waals surface area contributed by atoms with Crippen molar-refractivity contribution in [3.63, 3.8) is 0 Å². The number of nitrogens with two attached hydrogens (primary N) is 1. The molecule has 0 bridgehead atoms. The van der Waals surface area contributed by atoms with Crippen LogP contribution in [0, 0.1) is 6.92 Å². The molecule has 0 saturated carbocycles. The number of ether oxygens (including phenoxy) is 1. The third-order valence-electron chi connectivity index (χ3n) is 3.81. The lowest BCUT2D eigenvalue weighted by molar-refractivity contribution is -0.797. The number of aryl methyl sites for hydroxylation is 1. The Bertz CT molecular complexity index is 1160. The summed E-state index contributed by atoms with van der Waals surface area (Å²) in [7, 11) is -11.2. The number of aromatic nitrogens is 2.